The molecular formula is C22H28O2. The SMILES string of the molecule is Cc1c(C)c(-c2ccc3c(c2)CCCO3)c(C)c(C(C)(C)C)c1O. The van der Waals surface area contributed by atoms with Crippen molar-refractivity contribution in [1.29, 1.82) is 0 Å². The quantitative estimate of drug-likeness (QED) is 0.739. The Labute approximate surface area is 145 Å². The maximum Gasteiger partial charge on any atom is 0.122 e. The molecule has 1 aliphatic rings. The van der Waals surface area contributed by atoms with E-state index in [2.05, 4.69) is 52.8 Å². The molecule has 2 aromatic rings. The number of fused-ring (bicyclic) bond motifs is 1. The average molecular weight is 324 g/mol. The Morgan fingerprint density at radius 2 is 1.71 bits per heavy atom. The Hall–Kier alpha value is -1.96. The van der Waals surface area contributed by atoms with E-state index in [1.54, 1.807) is 0 Å². The summed E-state index contributed by atoms with van der Waals surface area (Å²) in [5, 5.41) is 10.7. The van der Waals surface area contributed by atoms with Crippen LogP contribution in [0.25, 0.3) is 11.1 Å². The minimum atomic E-state index is -0.0985. The summed E-state index contributed by atoms with van der Waals surface area (Å²) in [5.41, 5.74) is 8.05. The number of ether oxygens (including phenoxy) is 1. The fourth-order valence-corrected chi connectivity index (χ4v) is 4.00. The molecule has 0 atom stereocenters. The monoisotopic (exact) mass is 324 g/mol. The second kappa shape index (κ2) is 5.84. The summed E-state index contributed by atoms with van der Waals surface area (Å²) < 4.78 is 5.76. The molecule has 0 saturated heterocycles. The van der Waals surface area contributed by atoms with Crippen LogP contribution in [0.1, 0.15) is 55.0 Å². The molecule has 0 radical (unpaired) electrons. The van der Waals surface area contributed by atoms with Gasteiger partial charge in [-0.1, -0.05) is 26.8 Å². The maximum atomic E-state index is 10.7. The molecule has 1 N–H and O–H groups in total. The predicted molar refractivity (Wildman–Crippen MR) is 100 cm³/mol. The van der Waals surface area contributed by atoms with Crippen LogP contribution in [0.2, 0.25) is 0 Å². The third kappa shape index (κ3) is 2.68. The fourth-order valence-electron chi connectivity index (χ4n) is 4.00. The summed E-state index contributed by atoms with van der Waals surface area (Å²) in [6, 6.07) is 6.52. The molecule has 0 amide bonds. The Bertz CT molecular complexity index is 795. The van der Waals surface area contributed by atoms with Gasteiger partial charge in [0.1, 0.15) is 11.5 Å². The van der Waals surface area contributed by atoms with E-state index >= 15 is 0 Å². The van der Waals surface area contributed by atoms with Crippen molar-refractivity contribution in [2.75, 3.05) is 6.61 Å². The highest BCUT2D eigenvalue weighted by Gasteiger charge is 2.26. The summed E-state index contributed by atoms with van der Waals surface area (Å²) in [6.07, 6.45) is 2.15. The highest BCUT2D eigenvalue weighted by atomic mass is 16.5. The van der Waals surface area contributed by atoms with Gasteiger partial charge in [-0.25, -0.2) is 0 Å². The van der Waals surface area contributed by atoms with Crippen LogP contribution in [0.5, 0.6) is 11.5 Å². The molecule has 2 aromatic carbocycles. The highest BCUT2D eigenvalue weighted by Crippen LogP contribution is 2.44. The molecule has 0 aliphatic carbocycles. The van der Waals surface area contributed by atoms with E-state index in [0.29, 0.717) is 5.75 Å². The van der Waals surface area contributed by atoms with Crippen molar-refractivity contribution >= 4 is 0 Å². The van der Waals surface area contributed by atoms with E-state index in [1.807, 2.05) is 6.92 Å². The first-order valence-electron chi connectivity index (χ1n) is 8.81. The first kappa shape index (κ1) is 16.9. The third-order valence-electron chi connectivity index (χ3n) is 5.23. The summed E-state index contributed by atoms with van der Waals surface area (Å²) in [4.78, 5) is 0. The Kier molecular flexibility index (Phi) is 4.11. The molecule has 0 unspecified atom stereocenters. The standard InChI is InChI=1S/C22H28O2/c1-13-14(2)21(23)20(22(4,5)6)15(3)19(13)17-9-10-18-16(12-17)8-7-11-24-18/h9-10,12,23H,7-8,11H2,1-6H3. The molecule has 1 heterocycles. The first-order chi connectivity index (χ1) is 11.2. The van der Waals surface area contributed by atoms with Gasteiger partial charge >= 0.3 is 0 Å². The van der Waals surface area contributed by atoms with Crippen LogP contribution in [0.15, 0.2) is 18.2 Å². The topological polar surface area (TPSA) is 29.5 Å². The number of aromatic hydroxyl groups is 1. The lowest BCUT2D eigenvalue weighted by Crippen LogP contribution is -2.15. The van der Waals surface area contributed by atoms with Crippen molar-refractivity contribution < 1.29 is 9.84 Å². The van der Waals surface area contributed by atoms with Crippen LogP contribution in [0.4, 0.5) is 0 Å². The summed E-state index contributed by atoms with van der Waals surface area (Å²) in [7, 11) is 0. The Morgan fingerprint density at radius 1 is 1.00 bits per heavy atom. The van der Waals surface area contributed by atoms with Gasteiger partial charge in [0.05, 0.1) is 6.61 Å². The van der Waals surface area contributed by atoms with Gasteiger partial charge in [-0.15, -0.1) is 0 Å². The molecule has 0 aromatic heterocycles. The second-order valence-corrected chi connectivity index (χ2v) is 8.00. The zero-order valence-electron chi connectivity index (χ0n) is 15.7. The van der Waals surface area contributed by atoms with Gasteiger partial charge < -0.3 is 9.84 Å². The zero-order chi connectivity index (χ0) is 17.6. The molecule has 3 rings (SSSR count). The van der Waals surface area contributed by atoms with E-state index in [9.17, 15) is 5.11 Å². The number of hydrogen-bond acceptors (Lipinski definition) is 2. The van der Waals surface area contributed by atoms with Crippen molar-refractivity contribution in [3.05, 3.63) is 46.0 Å². The molecule has 0 bridgehead atoms. The van der Waals surface area contributed by atoms with E-state index in [1.165, 1.54) is 22.3 Å². The molecule has 2 nitrogen and oxygen atoms in total. The van der Waals surface area contributed by atoms with Crippen molar-refractivity contribution in [2.24, 2.45) is 0 Å². The minimum absolute atomic E-state index is 0.0985. The second-order valence-electron chi connectivity index (χ2n) is 8.00. The number of rotatable bonds is 1. The predicted octanol–water partition coefficient (Wildman–Crippen LogP) is 5.61. The normalized spacial score (nSPS) is 14.2. The van der Waals surface area contributed by atoms with Gasteiger partial charge in [0.2, 0.25) is 0 Å². The van der Waals surface area contributed by atoms with E-state index in [-0.39, 0.29) is 5.41 Å². The van der Waals surface area contributed by atoms with Gasteiger partial charge in [-0.05, 0) is 84.5 Å². The van der Waals surface area contributed by atoms with Gasteiger partial charge in [0.15, 0.2) is 0 Å². The van der Waals surface area contributed by atoms with Crippen molar-refractivity contribution in [2.45, 2.75) is 59.8 Å². The number of hydrogen-bond donors (Lipinski definition) is 1. The van der Waals surface area contributed by atoms with Crippen molar-refractivity contribution in [1.82, 2.24) is 0 Å². The summed E-state index contributed by atoms with van der Waals surface area (Å²) >= 11 is 0. The molecule has 1 aliphatic heterocycles. The Morgan fingerprint density at radius 3 is 2.38 bits per heavy atom. The van der Waals surface area contributed by atoms with Crippen LogP contribution >= 0.6 is 0 Å². The lowest BCUT2D eigenvalue weighted by atomic mass is 9.77. The van der Waals surface area contributed by atoms with Crippen molar-refractivity contribution in [3.63, 3.8) is 0 Å². The van der Waals surface area contributed by atoms with Crippen LogP contribution in [0.3, 0.4) is 0 Å². The van der Waals surface area contributed by atoms with Gasteiger partial charge in [-0.3, -0.25) is 0 Å². The number of phenols is 1. The average Bonchev–Trinajstić information content (AvgIpc) is 2.51. The molecule has 24 heavy (non-hydrogen) atoms. The molecular weight excluding hydrogens is 296 g/mol. The molecule has 128 valence electrons. The molecule has 0 fully saturated rings. The zero-order valence-corrected chi connectivity index (χ0v) is 15.7. The van der Waals surface area contributed by atoms with E-state index in [0.717, 1.165) is 41.9 Å². The van der Waals surface area contributed by atoms with Crippen LogP contribution in [-0.2, 0) is 11.8 Å². The van der Waals surface area contributed by atoms with Crippen LogP contribution in [-0.4, -0.2) is 11.7 Å². The summed E-state index contributed by atoms with van der Waals surface area (Å²) in [5.74, 6) is 1.47. The van der Waals surface area contributed by atoms with Gasteiger partial charge in [-0.2, -0.15) is 0 Å². The molecule has 0 saturated carbocycles. The van der Waals surface area contributed by atoms with Gasteiger partial charge in [0, 0.05) is 5.56 Å². The number of aryl methyl sites for hydroxylation is 1. The van der Waals surface area contributed by atoms with Crippen LogP contribution in [0, 0.1) is 20.8 Å². The van der Waals surface area contributed by atoms with Crippen molar-refractivity contribution in [3.8, 4) is 22.6 Å². The highest BCUT2D eigenvalue weighted by molar-refractivity contribution is 5.77. The minimum Gasteiger partial charge on any atom is -0.507 e. The first-order valence-corrected chi connectivity index (χ1v) is 8.81. The largest absolute Gasteiger partial charge is 0.507 e. The fraction of sp³-hybridized carbons (Fsp3) is 0.455. The molecule has 2 heteroatoms. The lowest BCUT2D eigenvalue weighted by molar-refractivity contribution is 0.288. The van der Waals surface area contributed by atoms with Crippen LogP contribution < -0.4 is 4.74 Å². The smallest absolute Gasteiger partial charge is 0.122 e. The molecule has 0 spiro atoms. The Balaban J connectivity index is 2.27. The number of benzene rings is 2. The third-order valence-corrected chi connectivity index (χ3v) is 5.23. The summed E-state index contributed by atoms with van der Waals surface area (Å²) in [6.45, 7) is 13.6. The van der Waals surface area contributed by atoms with E-state index in [4.69, 9.17) is 4.74 Å². The van der Waals surface area contributed by atoms with Gasteiger partial charge in [0.25, 0.3) is 0 Å². The van der Waals surface area contributed by atoms with E-state index < -0.39 is 0 Å². The lowest BCUT2D eigenvalue weighted by Gasteiger charge is -2.28. The number of phenolic OH excluding ortho intramolecular Hbond substituents is 1. The maximum absolute atomic E-state index is 10.7.